The van der Waals surface area contributed by atoms with E-state index in [1.54, 1.807) is 11.8 Å². The number of aliphatic hydroxyl groups excluding tert-OH is 1. The number of amides is 2. The fourth-order valence-electron chi connectivity index (χ4n) is 3.84. The number of hydrogen-bond acceptors (Lipinski definition) is 5. The fraction of sp³-hybridized carbons (Fsp3) is 0.885. The quantitative estimate of drug-likeness (QED) is 0.137. The number of carboxylic acid groups (broad SMARTS) is 1. The Hall–Kier alpha value is -1.28. The lowest BCUT2D eigenvalue weighted by Gasteiger charge is -2.19. The molecule has 0 bridgehead atoms. The van der Waals surface area contributed by atoms with E-state index in [1.165, 1.54) is 96.8 Å². The Morgan fingerprint density at radius 2 is 1.15 bits per heavy atom. The molecular formula is C26H50N2O5S. The molecule has 0 aliphatic heterocycles. The first kappa shape index (κ1) is 32.7. The van der Waals surface area contributed by atoms with Crippen LogP contribution in [0, 0.1) is 0 Å². The maximum absolute atomic E-state index is 12.3. The average molecular weight is 503 g/mol. The van der Waals surface area contributed by atoms with Crippen LogP contribution in [0.15, 0.2) is 0 Å². The van der Waals surface area contributed by atoms with Gasteiger partial charge in [-0.3, -0.25) is 9.59 Å². The highest BCUT2D eigenvalue weighted by molar-refractivity contribution is 7.99. The largest absolute Gasteiger partial charge is 0.480 e. The third-order valence-corrected chi connectivity index (χ3v) is 7.06. The van der Waals surface area contributed by atoms with Crippen molar-refractivity contribution in [3.05, 3.63) is 0 Å². The van der Waals surface area contributed by atoms with E-state index in [2.05, 4.69) is 17.6 Å². The number of aliphatic carboxylic acids is 1. The molecule has 200 valence electrons. The van der Waals surface area contributed by atoms with Crippen molar-refractivity contribution in [2.75, 3.05) is 18.1 Å². The molecule has 0 unspecified atom stereocenters. The third kappa shape index (κ3) is 20.1. The van der Waals surface area contributed by atoms with Gasteiger partial charge in [0.1, 0.15) is 12.1 Å². The number of nitrogens with one attached hydrogen (secondary N) is 2. The van der Waals surface area contributed by atoms with Crippen LogP contribution in [0.4, 0.5) is 0 Å². The highest BCUT2D eigenvalue weighted by Gasteiger charge is 2.25. The second-order valence-corrected chi connectivity index (χ2v) is 10.4. The maximum Gasteiger partial charge on any atom is 0.328 e. The van der Waals surface area contributed by atoms with Crippen molar-refractivity contribution in [2.24, 2.45) is 0 Å². The summed E-state index contributed by atoms with van der Waals surface area (Å²) in [6, 6.07) is -2.17. The minimum atomic E-state index is -1.37. The van der Waals surface area contributed by atoms with E-state index in [9.17, 15) is 14.4 Å². The topological polar surface area (TPSA) is 116 Å². The fourth-order valence-corrected chi connectivity index (χ4v) is 4.88. The van der Waals surface area contributed by atoms with E-state index < -0.39 is 30.6 Å². The zero-order chi connectivity index (χ0) is 25.4. The summed E-state index contributed by atoms with van der Waals surface area (Å²) in [7, 11) is 0. The second-order valence-electron chi connectivity index (χ2n) is 9.21. The number of carbonyl (C=O) groups is 3. The summed E-state index contributed by atoms with van der Waals surface area (Å²) in [5, 5.41) is 22.8. The molecule has 0 spiro atoms. The highest BCUT2D eigenvalue weighted by Crippen LogP contribution is 2.15. The first-order valence-corrected chi connectivity index (χ1v) is 14.6. The minimum Gasteiger partial charge on any atom is -0.480 e. The van der Waals surface area contributed by atoms with Crippen molar-refractivity contribution < 1.29 is 24.6 Å². The lowest BCUT2D eigenvalue weighted by Crippen LogP contribution is -2.53. The Balaban J connectivity index is 3.66. The molecule has 2 amide bonds. The molecule has 34 heavy (non-hydrogen) atoms. The zero-order valence-corrected chi connectivity index (χ0v) is 22.4. The van der Waals surface area contributed by atoms with Gasteiger partial charge in [0.15, 0.2) is 0 Å². The van der Waals surface area contributed by atoms with Crippen LogP contribution < -0.4 is 10.6 Å². The predicted octanol–water partition coefficient (Wildman–Crippen LogP) is 5.05. The summed E-state index contributed by atoms with van der Waals surface area (Å²) in [6.07, 6.45) is 21.2. The lowest BCUT2D eigenvalue weighted by atomic mass is 10.0. The molecular weight excluding hydrogens is 452 g/mol. The molecule has 0 radical (unpaired) electrons. The Bertz CT molecular complexity index is 533. The van der Waals surface area contributed by atoms with E-state index >= 15 is 0 Å². The summed E-state index contributed by atoms with van der Waals surface area (Å²) in [6.45, 7) is 2.89. The first-order valence-electron chi connectivity index (χ1n) is 13.4. The third-order valence-electron chi connectivity index (χ3n) is 5.92. The molecule has 0 aliphatic carbocycles. The summed E-state index contributed by atoms with van der Waals surface area (Å²) in [5.74, 6) is -0.972. The lowest BCUT2D eigenvalue weighted by molar-refractivity contribution is -0.143. The molecule has 0 saturated carbocycles. The standard InChI is InChI=1S/C26H50N2O5S/c1-3-4-5-6-7-8-9-10-11-12-13-14-15-16-17-18-19-34-21-24(27-22(2)30)25(31)28-23(20-29)26(32)33/h23-24,29H,3-21H2,1-2H3,(H,27,30)(H,28,31)(H,32,33)/t23-,24+/m0/s1. The van der Waals surface area contributed by atoms with Crippen LogP contribution in [-0.2, 0) is 14.4 Å². The minimum absolute atomic E-state index is 0.348. The first-order chi connectivity index (χ1) is 16.4. The van der Waals surface area contributed by atoms with Crippen molar-refractivity contribution in [2.45, 2.75) is 129 Å². The molecule has 2 atom stereocenters. The van der Waals surface area contributed by atoms with Gasteiger partial charge in [-0.05, 0) is 12.2 Å². The number of carboxylic acids is 1. The number of thioether (sulfide) groups is 1. The van der Waals surface area contributed by atoms with E-state index in [-0.39, 0.29) is 5.91 Å². The monoisotopic (exact) mass is 502 g/mol. The summed E-state index contributed by atoms with van der Waals surface area (Å²) in [4.78, 5) is 34.6. The van der Waals surface area contributed by atoms with Crippen molar-refractivity contribution in [1.29, 1.82) is 0 Å². The number of rotatable bonds is 24. The van der Waals surface area contributed by atoms with Crippen LogP contribution in [0.2, 0.25) is 0 Å². The summed E-state index contributed by atoms with van der Waals surface area (Å²) >= 11 is 1.58. The van der Waals surface area contributed by atoms with Gasteiger partial charge in [-0.1, -0.05) is 103 Å². The van der Waals surface area contributed by atoms with Crippen LogP contribution in [0.1, 0.15) is 117 Å². The molecule has 4 N–H and O–H groups in total. The predicted molar refractivity (Wildman–Crippen MR) is 141 cm³/mol. The summed E-state index contributed by atoms with van der Waals surface area (Å²) < 4.78 is 0. The van der Waals surface area contributed by atoms with Crippen LogP contribution >= 0.6 is 11.8 Å². The molecule has 0 aromatic heterocycles. The van der Waals surface area contributed by atoms with Crippen LogP contribution in [0.3, 0.4) is 0 Å². The average Bonchev–Trinajstić information content (AvgIpc) is 2.80. The van der Waals surface area contributed by atoms with Crippen LogP contribution in [-0.4, -0.2) is 58.2 Å². The summed E-state index contributed by atoms with van der Waals surface area (Å²) in [5.41, 5.74) is 0. The van der Waals surface area contributed by atoms with Crippen molar-refractivity contribution >= 4 is 29.5 Å². The zero-order valence-electron chi connectivity index (χ0n) is 21.6. The van der Waals surface area contributed by atoms with Gasteiger partial charge in [0.2, 0.25) is 11.8 Å². The van der Waals surface area contributed by atoms with E-state index in [0.29, 0.717) is 5.75 Å². The molecule has 0 rings (SSSR count). The second kappa shape index (κ2) is 23.5. The Morgan fingerprint density at radius 1 is 0.706 bits per heavy atom. The molecule has 0 aromatic rings. The number of unbranched alkanes of at least 4 members (excludes halogenated alkanes) is 15. The van der Waals surface area contributed by atoms with Crippen molar-refractivity contribution in [3.8, 4) is 0 Å². The smallest absolute Gasteiger partial charge is 0.328 e. The van der Waals surface area contributed by atoms with Gasteiger partial charge in [-0.15, -0.1) is 0 Å². The van der Waals surface area contributed by atoms with Gasteiger partial charge < -0.3 is 20.8 Å². The molecule has 0 fully saturated rings. The Morgan fingerprint density at radius 3 is 1.53 bits per heavy atom. The number of hydrogen-bond donors (Lipinski definition) is 4. The maximum atomic E-state index is 12.3. The normalized spacial score (nSPS) is 12.8. The highest BCUT2D eigenvalue weighted by atomic mass is 32.2. The van der Waals surface area contributed by atoms with Gasteiger partial charge in [0.05, 0.1) is 6.61 Å². The van der Waals surface area contributed by atoms with Crippen molar-refractivity contribution in [3.63, 3.8) is 0 Å². The van der Waals surface area contributed by atoms with E-state index in [0.717, 1.165) is 18.6 Å². The van der Waals surface area contributed by atoms with Crippen LogP contribution in [0.5, 0.6) is 0 Å². The van der Waals surface area contributed by atoms with Gasteiger partial charge in [0.25, 0.3) is 0 Å². The van der Waals surface area contributed by atoms with Gasteiger partial charge >= 0.3 is 5.97 Å². The SMILES string of the molecule is CCCCCCCCCCCCCCCCCCSC[C@@H](NC(C)=O)C(=O)N[C@@H](CO)C(=O)O. The molecule has 0 heterocycles. The van der Waals surface area contributed by atoms with Crippen molar-refractivity contribution in [1.82, 2.24) is 10.6 Å². The van der Waals surface area contributed by atoms with E-state index in [4.69, 9.17) is 10.2 Å². The number of carbonyl (C=O) groups excluding carboxylic acids is 2. The Labute approximate surface area is 211 Å². The molecule has 0 aromatic carbocycles. The van der Waals surface area contributed by atoms with Gasteiger partial charge in [0, 0.05) is 12.7 Å². The molecule has 8 heteroatoms. The van der Waals surface area contributed by atoms with Gasteiger partial charge in [-0.2, -0.15) is 11.8 Å². The molecule has 0 aliphatic rings. The Kier molecular flexibility index (Phi) is 22.6. The van der Waals surface area contributed by atoms with Crippen LogP contribution in [0.25, 0.3) is 0 Å². The van der Waals surface area contributed by atoms with E-state index in [1.807, 2.05) is 0 Å². The number of aliphatic hydroxyl groups is 1. The molecule has 7 nitrogen and oxygen atoms in total. The molecule has 0 saturated heterocycles. The van der Waals surface area contributed by atoms with Gasteiger partial charge in [-0.25, -0.2) is 4.79 Å².